The van der Waals surface area contributed by atoms with Crippen molar-refractivity contribution in [2.75, 3.05) is 6.54 Å². The Morgan fingerprint density at radius 3 is 2.48 bits per heavy atom. The molecule has 0 radical (unpaired) electrons. The van der Waals surface area contributed by atoms with Crippen molar-refractivity contribution in [2.45, 2.75) is 26.2 Å². The molecule has 2 bridgehead atoms. The zero-order valence-corrected chi connectivity index (χ0v) is 12.1. The molecule has 2 amide bonds. The molecule has 1 aliphatic heterocycles. The summed E-state index contributed by atoms with van der Waals surface area (Å²) in [5.41, 5.74) is 2.23. The van der Waals surface area contributed by atoms with Crippen molar-refractivity contribution in [3.63, 3.8) is 0 Å². The minimum absolute atomic E-state index is 0.0609. The number of amides is 2. The van der Waals surface area contributed by atoms with Gasteiger partial charge in [0, 0.05) is 12.2 Å². The Kier molecular flexibility index (Phi) is 2.77. The average molecular weight is 285 g/mol. The zero-order valence-electron chi connectivity index (χ0n) is 12.1. The molecule has 5 nitrogen and oxygen atoms in total. The van der Waals surface area contributed by atoms with E-state index in [1.165, 1.54) is 4.90 Å². The topological polar surface area (TPSA) is 66.1 Å². The van der Waals surface area contributed by atoms with Crippen LogP contribution in [0.5, 0.6) is 0 Å². The highest BCUT2D eigenvalue weighted by Gasteiger charge is 2.58. The molecule has 0 spiro atoms. The predicted octanol–water partition coefficient (Wildman–Crippen LogP) is 1.46. The minimum atomic E-state index is -0.0665. The zero-order chi connectivity index (χ0) is 14.6. The lowest BCUT2D eigenvalue weighted by Crippen LogP contribution is -2.34. The van der Waals surface area contributed by atoms with E-state index in [0.717, 1.165) is 30.5 Å². The SMILES string of the molecule is Cc1[nH]ncc1CCCN1C(=O)C2C3C=CC(C3)C2C1=O. The molecule has 4 unspecified atom stereocenters. The van der Waals surface area contributed by atoms with Gasteiger partial charge in [-0.2, -0.15) is 5.10 Å². The van der Waals surface area contributed by atoms with E-state index in [1.54, 1.807) is 0 Å². The van der Waals surface area contributed by atoms with Crippen LogP contribution in [-0.4, -0.2) is 33.5 Å². The molecule has 21 heavy (non-hydrogen) atoms. The number of hydrogen-bond acceptors (Lipinski definition) is 3. The fourth-order valence-corrected chi connectivity index (χ4v) is 4.24. The summed E-state index contributed by atoms with van der Waals surface area (Å²) >= 11 is 0. The summed E-state index contributed by atoms with van der Waals surface area (Å²) in [7, 11) is 0. The Balaban J connectivity index is 1.42. The van der Waals surface area contributed by atoms with Crippen molar-refractivity contribution in [3.05, 3.63) is 29.6 Å². The van der Waals surface area contributed by atoms with Crippen LogP contribution in [0.15, 0.2) is 18.3 Å². The molecular formula is C16H19N3O2. The molecule has 2 fully saturated rings. The Morgan fingerprint density at radius 1 is 1.24 bits per heavy atom. The fourth-order valence-electron chi connectivity index (χ4n) is 4.24. The van der Waals surface area contributed by atoms with Crippen LogP contribution in [0.25, 0.3) is 0 Å². The van der Waals surface area contributed by atoms with E-state index in [0.29, 0.717) is 18.4 Å². The van der Waals surface area contributed by atoms with Gasteiger partial charge in [0.05, 0.1) is 18.0 Å². The van der Waals surface area contributed by atoms with Gasteiger partial charge in [0.15, 0.2) is 0 Å². The van der Waals surface area contributed by atoms with Crippen molar-refractivity contribution in [1.29, 1.82) is 0 Å². The van der Waals surface area contributed by atoms with Crippen LogP contribution in [-0.2, 0) is 16.0 Å². The van der Waals surface area contributed by atoms with Crippen LogP contribution in [0.3, 0.4) is 0 Å². The van der Waals surface area contributed by atoms with Crippen LogP contribution >= 0.6 is 0 Å². The number of hydrogen-bond donors (Lipinski definition) is 1. The number of likely N-dealkylation sites (tertiary alicyclic amines) is 1. The summed E-state index contributed by atoms with van der Waals surface area (Å²) < 4.78 is 0. The number of nitrogens with one attached hydrogen (secondary N) is 1. The number of aryl methyl sites for hydroxylation is 2. The Labute approximate surface area is 123 Å². The average Bonchev–Trinajstić information content (AvgIpc) is 3.20. The third-order valence-corrected chi connectivity index (χ3v) is 5.32. The van der Waals surface area contributed by atoms with Crippen LogP contribution in [0.4, 0.5) is 0 Å². The molecule has 1 aromatic heterocycles. The Morgan fingerprint density at radius 2 is 1.90 bits per heavy atom. The maximum Gasteiger partial charge on any atom is 0.233 e. The van der Waals surface area contributed by atoms with Crippen molar-refractivity contribution in [3.8, 4) is 0 Å². The van der Waals surface area contributed by atoms with Crippen LogP contribution in [0.1, 0.15) is 24.1 Å². The number of imide groups is 1. The lowest BCUT2D eigenvalue weighted by atomic mass is 9.85. The van der Waals surface area contributed by atoms with Crippen LogP contribution in [0, 0.1) is 30.6 Å². The fraction of sp³-hybridized carbons (Fsp3) is 0.562. The maximum absolute atomic E-state index is 12.5. The first-order valence-corrected chi connectivity index (χ1v) is 7.69. The highest BCUT2D eigenvalue weighted by molar-refractivity contribution is 6.06. The molecule has 3 aliphatic rings. The second-order valence-corrected chi connectivity index (χ2v) is 6.45. The summed E-state index contributed by atoms with van der Waals surface area (Å²) in [6.45, 7) is 2.52. The number of allylic oxidation sites excluding steroid dienone is 2. The van der Waals surface area contributed by atoms with Crippen molar-refractivity contribution >= 4 is 11.8 Å². The normalized spacial score (nSPS) is 33.3. The van der Waals surface area contributed by atoms with E-state index < -0.39 is 0 Å². The number of rotatable bonds is 4. The first-order chi connectivity index (χ1) is 10.2. The third kappa shape index (κ3) is 1.79. The highest BCUT2D eigenvalue weighted by atomic mass is 16.2. The largest absolute Gasteiger partial charge is 0.283 e. The summed E-state index contributed by atoms with van der Waals surface area (Å²) in [4.78, 5) is 26.5. The van der Waals surface area contributed by atoms with E-state index in [2.05, 4.69) is 22.3 Å². The van der Waals surface area contributed by atoms with Crippen LogP contribution < -0.4 is 0 Å². The monoisotopic (exact) mass is 285 g/mol. The molecule has 110 valence electrons. The standard InChI is InChI=1S/C16H19N3O2/c1-9-12(8-17-18-9)3-2-6-19-15(20)13-10-4-5-11(7-10)14(13)16(19)21/h4-5,8,10-11,13-14H,2-3,6-7H2,1H3,(H,17,18). The van der Waals surface area contributed by atoms with Crippen molar-refractivity contribution in [1.82, 2.24) is 15.1 Å². The van der Waals surface area contributed by atoms with Gasteiger partial charge in [0.2, 0.25) is 11.8 Å². The summed E-state index contributed by atoms with van der Waals surface area (Å²) in [5, 5.41) is 6.91. The van der Waals surface area contributed by atoms with Crippen LogP contribution in [0.2, 0.25) is 0 Å². The molecule has 4 atom stereocenters. The van der Waals surface area contributed by atoms with E-state index in [4.69, 9.17) is 0 Å². The Hall–Kier alpha value is -1.91. The van der Waals surface area contributed by atoms with Gasteiger partial charge in [-0.3, -0.25) is 19.6 Å². The molecular weight excluding hydrogens is 266 g/mol. The molecule has 1 aromatic rings. The second kappa shape index (κ2) is 4.55. The predicted molar refractivity (Wildman–Crippen MR) is 76.1 cm³/mol. The number of nitrogens with zero attached hydrogens (tertiary/aromatic N) is 2. The molecule has 2 aliphatic carbocycles. The van der Waals surface area contributed by atoms with E-state index in [9.17, 15) is 9.59 Å². The number of H-pyrrole nitrogens is 1. The van der Waals surface area contributed by atoms with Gasteiger partial charge in [0.1, 0.15) is 0 Å². The molecule has 4 rings (SSSR count). The summed E-state index contributed by atoms with van der Waals surface area (Å²) in [6, 6.07) is 0. The molecule has 5 heteroatoms. The first kappa shape index (κ1) is 12.8. The van der Waals surface area contributed by atoms with Gasteiger partial charge < -0.3 is 0 Å². The minimum Gasteiger partial charge on any atom is -0.283 e. The van der Waals surface area contributed by atoms with E-state index >= 15 is 0 Å². The van der Waals surface area contributed by atoms with Gasteiger partial charge in [-0.05, 0) is 43.6 Å². The van der Waals surface area contributed by atoms with E-state index in [1.807, 2.05) is 13.1 Å². The summed E-state index contributed by atoms with van der Waals surface area (Å²) in [6.07, 6.45) is 8.74. The van der Waals surface area contributed by atoms with Gasteiger partial charge >= 0.3 is 0 Å². The third-order valence-electron chi connectivity index (χ3n) is 5.32. The maximum atomic E-state index is 12.5. The smallest absolute Gasteiger partial charge is 0.233 e. The Bertz CT molecular complexity index is 603. The number of carbonyl (C=O) groups excluding carboxylic acids is 2. The lowest BCUT2D eigenvalue weighted by Gasteiger charge is -2.16. The molecule has 0 aromatic carbocycles. The van der Waals surface area contributed by atoms with Crippen molar-refractivity contribution in [2.24, 2.45) is 23.7 Å². The number of aromatic nitrogens is 2. The van der Waals surface area contributed by atoms with E-state index in [-0.39, 0.29) is 23.7 Å². The second-order valence-electron chi connectivity index (χ2n) is 6.45. The molecule has 1 saturated heterocycles. The van der Waals surface area contributed by atoms with Gasteiger partial charge in [-0.25, -0.2) is 0 Å². The lowest BCUT2D eigenvalue weighted by molar-refractivity contribution is -0.140. The molecule has 1 N–H and O–H groups in total. The number of fused-ring (bicyclic) bond motifs is 5. The molecule has 2 heterocycles. The molecule has 1 saturated carbocycles. The van der Waals surface area contributed by atoms with Gasteiger partial charge in [0.25, 0.3) is 0 Å². The highest BCUT2D eigenvalue weighted by Crippen LogP contribution is 2.52. The van der Waals surface area contributed by atoms with Crippen molar-refractivity contribution < 1.29 is 9.59 Å². The number of carbonyl (C=O) groups is 2. The van der Waals surface area contributed by atoms with Gasteiger partial charge in [-0.1, -0.05) is 12.2 Å². The van der Waals surface area contributed by atoms with Gasteiger partial charge in [-0.15, -0.1) is 0 Å². The first-order valence-electron chi connectivity index (χ1n) is 7.69. The number of aromatic amines is 1. The summed E-state index contributed by atoms with van der Waals surface area (Å²) in [5.74, 6) is 0.595. The quantitative estimate of drug-likeness (QED) is 0.673.